The largest absolute Gasteiger partial charge is 0.481 e. The van der Waals surface area contributed by atoms with Gasteiger partial charge in [-0.15, -0.1) is 0 Å². The Morgan fingerprint density at radius 2 is 2.06 bits per heavy atom. The molecular formula is C11H11ClF2O2. The van der Waals surface area contributed by atoms with Gasteiger partial charge in [0.2, 0.25) is 0 Å². The molecule has 2 nitrogen and oxygen atoms in total. The van der Waals surface area contributed by atoms with Crippen LogP contribution < -0.4 is 0 Å². The maximum atomic E-state index is 13.3. The van der Waals surface area contributed by atoms with Gasteiger partial charge < -0.3 is 5.11 Å². The molecule has 88 valence electrons. The second-order valence-corrected chi connectivity index (χ2v) is 4.06. The Kier molecular flexibility index (Phi) is 3.53. The van der Waals surface area contributed by atoms with Crippen LogP contribution >= 0.6 is 11.6 Å². The molecule has 1 N–H and O–H groups in total. The first-order valence-electron chi connectivity index (χ1n) is 4.64. The lowest BCUT2D eigenvalue weighted by atomic mass is 9.93. The molecule has 0 radical (unpaired) electrons. The lowest BCUT2D eigenvalue weighted by molar-refractivity contribution is -0.138. The predicted octanol–water partition coefficient (Wildman–Crippen LogP) is 3.64. The quantitative estimate of drug-likeness (QED) is 0.887. The second kappa shape index (κ2) is 4.37. The third kappa shape index (κ3) is 2.50. The van der Waals surface area contributed by atoms with Gasteiger partial charge in [0.05, 0.1) is 10.9 Å². The molecule has 0 fully saturated rings. The minimum absolute atomic E-state index is 0.0486. The smallest absolute Gasteiger partial charge is 0.310 e. The molecule has 1 unspecified atom stereocenters. The molecule has 0 saturated heterocycles. The van der Waals surface area contributed by atoms with Crippen molar-refractivity contribution in [2.75, 3.05) is 0 Å². The van der Waals surface area contributed by atoms with Gasteiger partial charge in [0.25, 0.3) is 5.92 Å². The number of rotatable bonds is 3. The molecule has 1 aromatic rings. The SMILES string of the molecule is CC(C(=O)O)c1cccc(Cl)c1C(C)(F)F. The molecule has 0 heterocycles. The highest BCUT2D eigenvalue weighted by molar-refractivity contribution is 6.31. The van der Waals surface area contributed by atoms with Crippen LogP contribution in [0.25, 0.3) is 0 Å². The summed E-state index contributed by atoms with van der Waals surface area (Å²) in [5.41, 5.74) is -0.362. The van der Waals surface area contributed by atoms with E-state index < -0.39 is 23.4 Å². The van der Waals surface area contributed by atoms with Crippen LogP contribution in [0.1, 0.15) is 30.9 Å². The van der Waals surface area contributed by atoms with Gasteiger partial charge in [0.1, 0.15) is 0 Å². The van der Waals surface area contributed by atoms with Crippen LogP contribution in [-0.2, 0) is 10.7 Å². The molecule has 0 aromatic heterocycles. The van der Waals surface area contributed by atoms with Crippen LogP contribution in [0.3, 0.4) is 0 Å². The highest BCUT2D eigenvalue weighted by Gasteiger charge is 2.33. The number of aliphatic carboxylic acids is 1. The summed E-state index contributed by atoms with van der Waals surface area (Å²) in [5.74, 6) is -5.33. The standard InChI is InChI=1S/C11H11ClF2O2/c1-6(10(15)16)7-4-3-5-8(12)9(7)11(2,13)14/h3-6H,1-2H3,(H,15,16). The molecule has 0 saturated carbocycles. The van der Waals surface area contributed by atoms with Gasteiger partial charge in [-0.05, 0) is 18.6 Å². The number of carboxylic acids is 1. The fraction of sp³-hybridized carbons (Fsp3) is 0.364. The fourth-order valence-corrected chi connectivity index (χ4v) is 1.85. The van der Waals surface area contributed by atoms with Crippen molar-refractivity contribution in [1.82, 2.24) is 0 Å². The molecular weight excluding hydrogens is 238 g/mol. The van der Waals surface area contributed by atoms with E-state index in [-0.39, 0.29) is 10.6 Å². The van der Waals surface area contributed by atoms with Crippen molar-refractivity contribution >= 4 is 17.6 Å². The fourth-order valence-electron chi connectivity index (χ4n) is 1.50. The first-order valence-corrected chi connectivity index (χ1v) is 5.02. The summed E-state index contributed by atoms with van der Waals surface area (Å²) in [6.07, 6.45) is 0. The van der Waals surface area contributed by atoms with E-state index in [2.05, 4.69) is 0 Å². The summed E-state index contributed by atoms with van der Waals surface area (Å²) in [5, 5.41) is 8.72. The van der Waals surface area contributed by atoms with Gasteiger partial charge in [-0.2, -0.15) is 0 Å². The second-order valence-electron chi connectivity index (χ2n) is 3.65. The molecule has 0 spiro atoms. The average molecular weight is 249 g/mol. The van der Waals surface area contributed by atoms with Gasteiger partial charge in [-0.3, -0.25) is 4.79 Å². The van der Waals surface area contributed by atoms with E-state index in [1.54, 1.807) is 0 Å². The van der Waals surface area contributed by atoms with E-state index in [0.29, 0.717) is 6.92 Å². The van der Waals surface area contributed by atoms with Gasteiger partial charge >= 0.3 is 5.97 Å². The van der Waals surface area contributed by atoms with E-state index in [1.807, 2.05) is 0 Å². The zero-order chi connectivity index (χ0) is 12.5. The van der Waals surface area contributed by atoms with Crippen molar-refractivity contribution in [2.24, 2.45) is 0 Å². The van der Waals surface area contributed by atoms with Crippen molar-refractivity contribution in [1.29, 1.82) is 0 Å². The van der Waals surface area contributed by atoms with Crippen LogP contribution in [0, 0.1) is 0 Å². The van der Waals surface area contributed by atoms with Crippen molar-refractivity contribution in [3.05, 3.63) is 34.3 Å². The summed E-state index contributed by atoms with van der Waals surface area (Å²) < 4.78 is 26.6. The van der Waals surface area contributed by atoms with E-state index in [0.717, 1.165) is 0 Å². The molecule has 1 atom stereocenters. The first kappa shape index (κ1) is 12.9. The monoisotopic (exact) mass is 248 g/mol. The lowest BCUT2D eigenvalue weighted by Gasteiger charge is -2.19. The number of halogens is 3. The highest BCUT2D eigenvalue weighted by atomic mass is 35.5. The van der Waals surface area contributed by atoms with E-state index >= 15 is 0 Å². The molecule has 0 bridgehead atoms. The van der Waals surface area contributed by atoms with Crippen molar-refractivity contribution < 1.29 is 18.7 Å². The Hall–Kier alpha value is -1.16. The number of carboxylic acid groups (broad SMARTS) is 1. The van der Waals surface area contributed by atoms with Crippen LogP contribution in [0.4, 0.5) is 8.78 Å². The number of hydrogen-bond acceptors (Lipinski definition) is 1. The molecule has 0 aliphatic rings. The molecule has 1 aromatic carbocycles. The maximum Gasteiger partial charge on any atom is 0.310 e. The molecule has 0 amide bonds. The van der Waals surface area contributed by atoms with Crippen LogP contribution in [0.5, 0.6) is 0 Å². The topological polar surface area (TPSA) is 37.3 Å². The summed E-state index contributed by atoms with van der Waals surface area (Å²) in [4.78, 5) is 10.8. The van der Waals surface area contributed by atoms with E-state index in [1.165, 1.54) is 25.1 Å². The average Bonchev–Trinajstić information content (AvgIpc) is 2.14. The van der Waals surface area contributed by atoms with Crippen LogP contribution in [-0.4, -0.2) is 11.1 Å². The normalized spacial score (nSPS) is 13.6. The van der Waals surface area contributed by atoms with Gasteiger partial charge in [-0.1, -0.05) is 23.7 Å². The molecule has 5 heteroatoms. The summed E-state index contributed by atoms with van der Waals surface area (Å²) in [6, 6.07) is 4.15. The number of alkyl halides is 2. The zero-order valence-corrected chi connectivity index (χ0v) is 9.55. The summed E-state index contributed by atoms with van der Waals surface area (Å²) >= 11 is 5.69. The predicted molar refractivity (Wildman–Crippen MR) is 57.1 cm³/mol. The number of carbonyl (C=O) groups is 1. The molecule has 0 aliphatic carbocycles. The Balaban J connectivity index is 3.40. The molecule has 0 aliphatic heterocycles. The molecule has 1 rings (SSSR count). The van der Waals surface area contributed by atoms with E-state index in [9.17, 15) is 13.6 Å². The van der Waals surface area contributed by atoms with Gasteiger partial charge in [0.15, 0.2) is 0 Å². The van der Waals surface area contributed by atoms with Crippen molar-refractivity contribution in [2.45, 2.75) is 25.7 Å². The Morgan fingerprint density at radius 3 is 2.50 bits per heavy atom. The van der Waals surface area contributed by atoms with Gasteiger partial charge in [-0.25, -0.2) is 8.78 Å². The van der Waals surface area contributed by atoms with Crippen LogP contribution in [0.15, 0.2) is 18.2 Å². The summed E-state index contributed by atoms with van der Waals surface area (Å²) in [7, 11) is 0. The van der Waals surface area contributed by atoms with E-state index in [4.69, 9.17) is 16.7 Å². The Bertz CT molecular complexity index is 413. The first-order chi connectivity index (χ1) is 7.25. The molecule has 16 heavy (non-hydrogen) atoms. The Labute approximate surface area is 96.8 Å². The third-order valence-electron chi connectivity index (χ3n) is 2.32. The van der Waals surface area contributed by atoms with Crippen LogP contribution in [0.2, 0.25) is 5.02 Å². The number of benzene rings is 1. The number of hydrogen-bond donors (Lipinski definition) is 1. The zero-order valence-electron chi connectivity index (χ0n) is 8.80. The maximum absolute atomic E-state index is 13.3. The summed E-state index contributed by atoms with van der Waals surface area (Å²) in [6.45, 7) is 2.05. The van der Waals surface area contributed by atoms with Crippen molar-refractivity contribution in [3.63, 3.8) is 0 Å². The van der Waals surface area contributed by atoms with Gasteiger partial charge in [0, 0.05) is 12.5 Å². The van der Waals surface area contributed by atoms with Crippen molar-refractivity contribution in [3.8, 4) is 0 Å². The highest BCUT2D eigenvalue weighted by Crippen LogP contribution is 2.38. The minimum atomic E-state index is -3.16. The Morgan fingerprint density at radius 1 is 1.50 bits per heavy atom. The lowest BCUT2D eigenvalue weighted by Crippen LogP contribution is -2.17. The third-order valence-corrected chi connectivity index (χ3v) is 2.64. The minimum Gasteiger partial charge on any atom is -0.481 e.